The van der Waals surface area contributed by atoms with E-state index >= 15 is 0 Å². The van der Waals surface area contributed by atoms with Gasteiger partial charge in [0, 0.05) is 37.5 Å². The van der Waals surface area contributed by atoms with E-state index in [9.17, 15) is 0 Å². The van der Waals surface area contributed by atoms with E-state index in [-0.39, 0.29) is 24.0 Å². The quantitative estimate of drug-likeness (QED) is 0.275. The standard InChI is InChI=1S/C16H27N3O2S.HI/c1-13(15-6-4-10-22-15)11-19-16(17-2)18-7-9-20-12-14-5-3-8-21-14;/h4,6,10,13-14H,3,5,7-9,11-12H2,1-2H3,(H2,17,18,19);1H. The van der Waals surface area contributed by atoms with E-state index in [1.54, 1.807) is 18.4 Å². The van der Waals surface area contributed by atoms with Gasteiger partial charge in [-0.2, -0.15) is 0 Å². The zero-order chi connectivity index (χ0) is 15.6. The van der Waals surface area contributed by atoms with Crippen molar-refractivity contribution in [1.29, 1.82) is 0 Å². The maximum Gasteiger partial charge on any atom is 0.191 e. The first-order chi connectivity index (χ1) is 10.8. The van der Waals surface area contributed by atoms with Crippen LogP contribution >= 0.6 is 35.3 Å². The van der Waals surface area contributed by atoms with Crippen molar-refractivity contribution >= 4 is 41.3 Å². The van der Waals surface area contributed by atoms with Crippen molar-refractivity contribution in [3.8, 4) is 0 Å². The summed E-state index contributed by atoms with van der Waals surface area (Å²) < 4.78 is 11.1. The highest BCUT2D eigenvalue weighted by Gasteiger charge is 2.15. The molecular formula is C16H28IN3O2S. The molecule has 0 aromatic carbocycles. The number of rotatable bonds is 8. The molecular weight excluding hydrogens is 425 g/mol. The largest absolute Gasteiger partial charge is 0.377 e. The molecule has 2 unspecified atom stereocenters. The fourth-order valence-electron chi connectivity index (χ4n) is 2.37. The van der Waals surface area contributed by atoms with E-state index in [0.717, 1.165) is 38.5 Å². The Balaban J connectivity index is 0.00000264. The summed E-state index contributed by atoms with van der Waals surface area (Å²) in [6.45, 7) is 6.09. The predicted octanol–water partition coefficient (Wildman–Crippen LogP) is 2.83. The normalized spacial score (nSPS) is 19.2. The molecule has 1 aliphatic rings. The van der Waals surface area contributed by atoms with Gasteiger partial charge in [-0.1, -0.05) is 13.0 Å². The van der Waals surface area contributed by atoms with Crippen LogP contribution in [0.15, 0.2) is 22.5 Å². The Bertz CT molecular complexity index is 437. The van der Waals surface area contributed by atoms with Crippen molar-refractivity contribution in [3.63, 3.8) is 0 Å². The summed E-state index contributed by atoms with van der Waals surface area (Å²) in [6.07, 6.45) is 2.58. The lowest BCUT2D eigenvalue weighted by molar-refractivity contribution is 0.0191. The van der Waals surface area contributed by atoms with Crippen LogP contribution in [0.3, 0.4) is 0 Å². The molecule has 1 saturated heterocycles. The van der Waals surface area contributed by atoms with Crippen LogP contribution in [0.2, 0.25) is 0 Å². The van der Waals surface area contributed by atoms with Crippen LogP contribution in [0.5, 0.6) is 0 Å². The third-order valence-corrected chi connectivity index (χ3v) is 4.80. The average molecular weight is 453 g/mol. The molecule has 1 aromatic heterocycles. The molecule has 0 bridgehead atoms. The minimum absolute atomic E-state index is 0. The number of halogens is 1. The van der Waals surface area contributed by atoms with E-state index in [1.165, 1.54) is 4.88 Å². The second kappa shape index (κ2) is 12.0. The van der Waals surface area contributed by atoms with Gasteiger partial charge in [0.1, 0.15) is 0 Å². The summed E-state index contributed by atoms with van der Waals surface area (Å²) in [5, 5.41) is 8.74. The van der Waals surface area contributed by atoms with Crippen molar-refractivity contribution < 1.29 is 9.47 Å². The van der Waals surface area contributed by atoms with Gasteiger partial charge >= 0.3 is 0 Å². The number of hydrogen-bond donors (Lipinski definition) is 2. The van der Waals surface area contributed by atoms with E-state index in [1.807, 2.05) is 0 Å². The highest BCUT2D eigenvalue weighted by atomic mass is 127. The summed E-state index contributed by atoms with van der Waals surface area (Å²) >= 11 is 1.79. The molecule has 2 heterocycles. The summed E-state index contributed by atoms with van der Waals surface area (Å²) in [4.78, 5) is 5.63. The van der Waals surface area contributed by atoms with Crippen LogP contribution in [0.4, 0.5) is 0 Å². The van der Waals surface area contributed by atoms with Crippen molar-refractivity contribution in [3.05, 3.63) is 22.4 Å². The molecule has 0 radical (unpaired) electrons. The number of ether oxygens (including phenoxy) is 2. The van der Waals surface area contributed by atoms with Gasteiger partial charge in [0.15, 0.2) is 5.96 Å². The van der Waals surface area contributed by atoms with Gasteiger partial charge in [-0.05, 0) is 24.3 Å². The van der Waals surface area contributed by atoms with Crippen LogP contribution < -0.4 is 10.6 Å². The zero-order valence-electron chi connectivity index (χ0n) is 13.9. The number of nitrogens with zero attached hydrogens (tertiary/aromatic N) is 1. The molecule has 5 nitrogen and oxygen atoms in total. The Morgan fingerprint density at radius 2 is 2.39 bits per heavy atom. The van der Waals surface area contributed by atoms with Crippen molar-refractivity contribution in [2.45, 2.75) is 31.8 Å². The number of guanidine groups is 1. The van der Waals surface area contributed by atoms with Crippen LogP contribution in [-0.2, 0) is 9.47 Å². The maximum absolute atomic E-state index is 5.63. The molecule has 0 amide bonds. The second-order valence-corrected chi connectivity index (χ2v) is 6.49. The van der Waals surface area contributed by atoms with Crippen LogP contribution in [-0.4, -0.2) is 52.0 Å². The van der Waals surface area contributed by atoms with Gasteiger partial charge in [0.05, 0.1) is 19.3 Å². The monoisotopic (exact) mass is 453 g/mol. The SMILES string of the molecule is CN=C(NCCOCC1CCCO1)NCC(C)c1cccs1.I. The summed E-state index contributed by atoms with van der Waals surface area (Å²) in [5.41, 5.74) is 0. The van der Waals surface area contributed by atoms with Crippen LogP contribution in [0.25, 0.3) is 0 Å². The first-order valence-corrected chi connectivity index (χ1v) is 8.85. The summed E-state index contributed by atoms with van der Waals surface area (Å²) in [5.74, 6) is 1.30. The van der Waals surface area contributed by atoms with E-state index in [0.29, 0.717) is 25.2 Å². The molecule has 0 spiro atoms. The molecule has 2 N–H and O–H groups in total. The third kappa shape index (κ3) is 7.82. The zero-order valence-corrected chi connectivity index (χ0v) is 17.1. The minimum Gasteiger partial charge on any atom is -0.377 e. The van der Waals surface area contributed by atoms with Crippen molar-refractivity contribution in [1.82, 2.24) is 10.6 Å². The van der Waals surface area contributed by atoms with Gasteiger partial charge in [-0.3, -0.25) is 4.99 Å². The number of hydrogen-bond acceptors (Lipinski definition) is 4. The summed E-state index contributed by atoms with van der Waals surface area (Å²) in [6, 6.07) is 4.26. The van der Waals surface area contributed by atoms with Crippen molar-refractivity contribution in [2.24, 2.45) is 4.99 Å². The number of nitrogens with one attached hydrogen (secondary N) is 2. The van der Waals surface area contributed by atoms with Gasteiger partial charge in [0.25, 0.3) is 0 Å². The molecule has 1 aromatic rings. The maximum atomic E-state index is 5.63. The van der Waals surface area contributed by atoms with Gasteiger partial charge in [0.2, 0.25) is 0 Å². The minimum atomic E-state index is 0. The molecule has 7 heteroatoms. The van der Waals surface area contributed by atoms with E-state index < -0.39 is 0 Å². The van der Waals surface area contributed by atoms with E-state index in [4.69, 9.17) is 9.47 Å². The molecule has 2 atom stereocenters. The van der Waals surface area contributed by atoms with Gasteiger partial charge in [-0.15, -0.1) is 35.3 Å². The molecule has 1 aliphatic heterocycles. The average Bonchev–Trinajstić information content (AvgIpc) is 3.22. The van der Waals surface area contributed by atoms with Crippen molar-refractivity contribution in [2.75, 3.05) is 40.0 Å². The number of thiophene rings is 1. The Kier molecular flexibility index (Phi) is 10.8. The first-order valence-electron chi connectivity index (χ1n) is 7.97. The lowest BCUT2D eigenvalue weighted by Gasteiger charge is -2.15. The lowest BCUT2D eigenvalue weighted by Crippen LogP contribution is -2.40. The lowest BCUT2D eigenvalue weighted by atomic mass is 10.1. The Hall–Kier alpha value is -0.380. The molecule has 132 valence electrons. The summed E-state index contributed by atoms with van der Waals surface area (Å²) in [7, 11) is 1.79. The Labute approximate surface area is 160 Å². The molecule has 2 rings (SSSR count). The van der Waals surface area contributed by atoms with Gasteiger partial charge in [-0.25, -0.2) is 0 Å². The number of aliphatic imine (C=N–C) groups is 1. The van der Waals surface area contributed by atoms with Crippen LogP contribution in [0, 0.1) is 0 Å². The molecule has 23 heavy (non-hydrogen) atoms. The topological polar surface area (TPSA) is 54.9 Å². The third-order valence-electron chi connectivity index (χ3n) is 3.69. The smallest absolute Gasteiger partial charge is 0.191 e. The molecule has 1 fully saturated rings. The fourth-order valence-corrected chi connectivity index (χ4v) is 3.16. The van der Waals surface area contributed by atoms with E-state index in [2.05, 4.69) is 40.1 Å². The predicted molar refractivity (Wildman–Crippen MR) is 107 cm³/mol. The second-order valence-electron chi connectivity index (χ2n) is 5.51. The highest BCUT2D eigenvalue weighted by Crippen LogP contribution is 2.19. The first kappa shape index (κ1) is 20.7. The molecule has 0 saturated carbocycles. The Morgan fingerprint density at radius 3 is 3.04 bits per heavy atom. The van der Waals surface area contributed by atoms with Crippen LogP contribution in [0.1, 0.15) is 30.6 Å². The Morgan fingerprint density at radius 1 is 1.52 bits per heavy atom. The highest BCUT2D eigenvalue weighted by molar-refractivity contribution is 14.0. The van der Waals surface area contributed by atoms with Gasteiger partial charge < -0.3 is 20.1 Å². The fraction of sp³-hybridized carbons (Fsp3) is 0.688. The molecule has 0 aliphatic carbocycles.